The molecule has 0 saturated heterocycles. The number of anilines is 2. The molecule has 4 rings (SSSR count). The Morgan fingerprint density at radius 2 is 1.65 bits per heavy atom. The van der Waals surface area contributed by atoms with Gasteiger partial charge in [0.2, 0.25) is 0 Å². The standard InChI is InChI=1S/C20H16Cl3N3/c21-12-1-3-18-15(8-12)16-10-14(7-11(5-6-24)20(16)26-18)25-19-4-2-13(22)9-17(19)23/h1-4,7-10,25-26H,5-6,24H2. The first-order valence-corrected chi connectivity index (χ1v) is 9.34. The zero-order valence-corrected chi connectivity index (χ0v) is 16.0. The zero-order chi connectivity index (χ0) is 18.3. The second kappa shape index (κ2) is 7.01. The zero-order valence-electron chi connectivity index (χ0n) is 13.7. The maximum Gasteiger partial charge on any atom is 0.0655 e. The lowest BCUT2D eigenvalue weighted by molar-refractivity contribution is 0.975. The molecule has 0 aliphatic heterocycles. The van der Waals surface area contributed by atoms with Crippen LogP contribution in [0, 0.1) is 0 Å². The van der Waals surface area contributed by atoms with E-state index in [-0.39, 0.29) is 0 Å². The van der Waals surface area contributed by atoms with Gasteiger partial charge < -0.3 is 16.0 Å². The molecule has 1 heterocycles. The van der Waals surface area contributed by atoms with Crippen molar-refractivity contribution in [3.63, 3.8) is 0 Å². The molecule has 132 valence electrons. The van der Waals surface area contributed by atoms with E-state index in [1.54, 1.807) is 12.1 Å². The van der Waals surface area contributed by atoms with Crippen LogP contribution < -0.4 is 11.1 Å². The number of nitrogens with one attached hydrogen (secondary N) is 2. The van der Waals surface area contributed by atoms with Crippen LogP contribution in [0.4, 0.5) is 11.4 Å². The third-order valence-corrected chi connectivity index (χ3v) is 5.16. The van der Waals surface area contributed by atoms with Gasteiger partial charge in [-0.15, -0.1) is 0 Å². The minimum atomic E-state index is 0.566. The van der Waals surface area contributed by atoms with Gasteiger partial charge in [0.1, 0.15) is 0 Å². The van der Waals surface area contributed by atoms with Gasteiger partial charge in [-0.2, -0.15) is 0 Å². The first kappa shape index (κ1) is 17.5. The summed E-state index contributed by atoms with van der Waals surface area (Å²) in [6.45, 7) is 0.566. The Morgan fingerprint density at radius 3 is 2.42 bits per heavy atom. The first-order chi connectivity index (χ1) is 12.5. The molecule has 0 fully saturated rings. The maximum atomic E-state index is 6.30. The van der Waals surface area contributed by atoms with Gasteiger partial charge in [-0.05, 0) is 67.1 Å². The molecule has 4 N–H and O–H groups in total. The lowest BCUT2D eigenvalue weighted by Crippen LogP contribution is -2.04. The molecule has 0 radical (unpaired) electrons. The highest BCUT2D eigenvalue weighted by Crippen LogP contribution is 2.35. The monoisotopic (exact) mass is 403 g/mol. The molecule has 26 heavy (non-hydrogen) atoms. The lowest BCUT2D eigenvalue weighted by Gasteiger charge is -2.11. The number of H-pyrrole nitrogens is 1. The summed E-state index contributed by atoms with van der Waals surface area (Å²) in [6, 6.07) is 15.4. The second-order valence-corrected chi connectivity index (χ2v) is 7.44. The molecule has 3 aromatic carbocycles. The van der Waals surface area contributed by atoms with Crippen LogP contribution in [0.1, 0.15) is 5.56 Å². The van der Waals surface area contributed by atoms with Crippen LogP contribution in [0.3, 0.4) is 0 Å². The fourth-order valence-electron chi connectivity index (χ4n) is 3.22. The normalized spacial score (nSPS) is 11.4. The molecule has 0 saturated carbocycles. The predicted octanol–water partition coefficient (Wildman–Crippen LogP) is 6.53. The average Bonchev–Trinajstić information content (AvgIpc) is 2.96. The van der Waals surface area contributed by atoms with E-state index in [1.807, 2.05) is 24.3 Å². The summed E-state index contributed by atoms with van der Waals surface area (Å²) in [4.78, 5) is 3.48. The Balaban J connectivity index is 1.89. The highest BCUT2D eigenvalue weighted by molar-refractivity contribution is 6.36. The van der Waals surface area contributed by atoms with E-state index in [0.717, 1.165) is 45.2 Å². The smallest absolute Gasteiger partial charge is 0.0655 e. The van der Waals surface area contributed by atoms with E-state index in [0.29, 0.717) is 21.6 Å². The van der Waals surface area contributed by atoms with Crippen LogP contribution in [0.25, 0.3) is 21.8 Å². The Bertz CT molecular complexity index is 1120. The third kappa shape index (κ3) is 3.24. The van der Waals surface area contributed by atoms with Crippen molar-refractivity contribution in [1.82, 2.24) is 4.98 Å². The van der Waals surface area contributed by atoms with Crippen LogP contribution in [-0.2, 0) is 6.42 Å². The summed E-state index contributed by atoms with van der Waals surface area (Å²) in [5.74, 6) is 0. The van der Waals surface area contributed by atoms with Crippen LogP contribution in [0.5, 0.6) is 0 Å². The van der Waals surface area contributed by atoms with Gasteiger partial charge in [0.25, 0.3) is 0 Å². The van der Waals surface area contributed by atoms with E-state index < -0.39 is 0 Å². The van der Waals surface area contributed by atoms with Gasteiger partial charge in [0.05, 0.1) is 10.7 Å². The first-order valence-electron chi connectivity index (χ1n) is 8.21. The van der Waals surface area contributed by atoms with E-state index in [1.165, 1.54) is 0 Å². The summed E-state index contributed by atoms with van der Waals surface area (Å²) in [6.07, 6.45) is 0.765. The highest BCUT2D eigenvalue weighted by Gasteiger charge is 2.12. The van der Waals surface area contributed by atoms with Crippen LogP contribution >= 0.6 is 34.8 Å². The quantitative estimate of drug-likeness (QED) is 0.362. The summed E-state index contributed by atoms with van der Waals surface area (Å²) in [5.41, 5.74) is 10.8. The summed E-state index contributed by atoms with van der Waals surface area (Å²) >= 11 is 18.5. The van der Waals surface area contributed by atoms with Crippen molar-refractivity contribution < 1.29 is 0 Å². The van der Waals surface area contributed by atoms with E-state index >= 15 is 0 Å². The van der Waals surface area contributed by atoms with Crippen molar-refractivity contribution in [1.29, 1.82) is 0 Å². The van der Waals surface area contributed by atoms with Crippen molar-refractivity contribution in [2.75, 3.05) is 11.9 Å². The van der Waals surface area contributed by atoms with E-state index in [2.05, 4.69) is 22.4 Å². The minimum absolute atomic E-state index is 0.566. The van der Waals surface area contributed by atoms with Crippen molar-refractivity contribution in [2.24, 2.45) is 5.73 Å². The average molecular weight is 405 g/mol. The Kier molecular flexibility index (Phi) is 4.72. The molecule has 0 spiro atoms. The molecule has 0 atom stereocenters. The van der Waals surface area contributed by atoms with Gasteiger partial charge in [0, 0.05) is 37.5 Å². The van der Waals surface area contributed by atoms with Crippen molar-refractivity contribution >= 4 is 68.0 Å². The van der Waals surface area contributed by atoms with Gasteiger partial charge in [-0.3, -0.25) is 0 Å². The maximum absolute atomic E-state index is 6.30. The van der Waals surface area contributed by atoms with E-state index in [4.69, 9.17) is 40.5 Å². The number of hydrogen-bond donors (Lipinski definition) is 3. The number of rotatable bonds is 4. The number of benzene rings is 3. The number of hydrogen-bond acceptors (Lipinski definition) is 2. The van der Waals surface area contributed by atoms with Crippen molar-refractivity contribution in [3.05, 3.63) is 69.2 Å². The molecular weight excluding hydrogens is 389 g/mol. The number of nitrogens with two attached hydrogens (primary N) is 1. The van der Waals surface area contributed by atoms with Crippen molar-refractivity contribution in [2.45, 2.75) is 6.42 Å². The lowest BCUT2D eigenvalue weighted by atomic mass is 10.0. The van der Waals surface area contributed by atoms with Gasteiger partial charge >= 0.3 is 0 Å². The summed E-state index contributed by atoms with van der Waals surface area (Å²) in [7, 11) is 0. The molecule has 4 aromatic rings. The molecule has 0 bridgehead atoms. The number of aromatic nitrogens is 1. The van der Waals surface area contributed by atoms with Crippen LogP contribution in [0.15, 0.2) is 48.5 Å². The fourth-order valence-corrected chi connectivity index (χ4v) is 3.84. The molecule has 0 aliphatic rings. The molecule has 6 heteroatoms. The number of fused-ring (bicyclic) bond motifs is 3. The Hall–Kier alpha value is -1.91. The Labute approximate surface area is 166 Å². The Morgan fingerprint density at radius 1 is 0.885 bits per heavy atom. The topological polar surface area (TPSA) is 53.8 Å². The third-order valence-electron chi connectivity index (χ3n) is 4.38. The van der Waals surface area contributed by atoms with E-state index in [9.17, 15) is 0 Å². The summed E-state index contributed by atoms with van der Waals surface area (Å²) in [5, 5.41) is 7.44. The predicted molar refractivity (Wildman–Crippen MR) is 113 cm³/mol. The molecule has 3 nitrogen and oxygen atoms in total. The molecule has 1 aromatic heterocycles. The molecular formula is C20H16Cl3N3. The molecule has 0 aliphatic carbocycles. The van der Waals surface area contributed by atoms with Crippen molar-refractivity contribution in [3.8, 4) is 0 Å². The van der Waals surface area contributed by atoms with Gasteiger partial charge in [-0.1, -0.05) is 34.8 Å². The molecule has 0 unspecified atom stereocenters. The van der Waals surface area contributed by atoms with Gasteiger partial charge in [0.15, 0.2) is 0 Å². The highest BCUT2D eigenvalue weighted by atomic mass is 35.5. The van der Waals surface area contributed by atoms with Crippen LogP contribution in [0.2, 0.25) is 15.1 Å². The van der Waals surface area contributed by atoms with Gasteiger partial charge in [-0.25, -0.2) is 0 Å². The minimum Gasteiger partial charge on any atom is -0.354 e. The summed E-state index contributed by atoms with van der Waals surface area (Å²) < 4.78 is 0. The SMILES string of the molecule is NCCc1cc(Nc2ccc(Cl)cc2Cl)cc2c1[nH]c1ccc(Cl)cc12. The number of halogens is 3. The largest absolute Gasteiger partial charge is 0.354 e. The fraction of sp³-hybridized carbons (Fsp3) is 0.100. The molecule has 0 amide bonds. The number of aromatic amines is 1. The van der Waals surface area contributed by atoms with Crippen LogP contribution in [-0.4, -0.2) is 11.5 Å². The second-order valence-electron chi connectivity index (χ2n) is 6.16.